The molecule has 0 unspecified atom stereocenters. The monoisotopic (exact) mass is 690 g/mol. The average Bonchev–Trinajstić information content (AvgIpc) is 3.73. The molecular weight excluding hydrogens is 656 g/mol. The van der Waals surface area contributed by atoms with Crippen LogP contribution in [0.25, 0.3) is 5.57 Å². The van der Waals surface area contributed by atoms with E-state index < -0.39 is 16.9 Å². The van der Waals surface area contributed by atoms with Gasteiger partial charge in [-0.1, -0.05) is 72.8 Å². The fourth-order valence-corrected chi connectivity index (χ4v) is 9.18. The summed E-state index contributed by atoms with van der Waals surface area (Å²) in [7, 11) is 6.22. The molecule has 0 fully saturated rings. The average molecular weight is 691 g/mol. The van der Waals surface area contributed by atoms with Crippen molar-refractivity contribution in [2.24, 2.45) is 0 Å². The highest BCUT2D eigenvalue weighted by Gasteiger charge is 2.71. The van der Waals surface area contributed by atoms with E-state index in [0.29, 0.717) is 74.2 Å². The second-order valence-electron chi connectivity index (χ2n) is 13.5. The number of hydrogen-bond donors (Lipinski definition) is 2. The Hall–Kier alpha value is -6.35. The van der Waals surface area contributed by atoms with Crippen molar-refractivity contribution in [2.75, 3.05) is 39.1 Å². The maximum Gasteiger partial charge on any atom is 0.210 e. The first kappa shape index (κ1) is 31.6. The molecule has 1 heterocycles. The highest BCUT2D eigenvalue weighted by Crippen LogP contribution is 2.69. The molecule has 2 N–H and O–H groups in total. The molecule has 0 saturated carbocycles. The van der Waals surface area contributed by atoms with Gasteiger partial charge in [-0.15, -0.1) is 0 Å². The number of Topliss-reactive ketones (excluding diaryl/α,β-unsaturated/α-hetero) is 3. The van der Waals surface area contributed by atoms with E-state index in [4.69, 9.17) is 18.9 Å². The highest BCUT2D eigenvalue weighted by molar-refractivity contribution is 6.31. The molecule has 0 saturated heterocycles. The number of carbonyl (C=O) groups is 3. The number of rotatable bonds is 7. The van der Waals surface area contributed by atoms with E-state index in [0.717, 1.165) is 11.1 Å². The summed E-state index contributed by atoms with van der Waals surface area (Å²) < 4.78 is 23.0. The zero-order valence-corrected chi connectivity index (χ0v) is 29.0. The summed E-state index contributed by atoms with van der Waals surface area (Å²) in [6.07, 6.45) is 0.313. The number of ketones is 3. The van der Waals surface area contributed by atoms with E-state index in [1.165, 1.54) is 0 Å². The van der Waals surface area contributed by atoms with Crippen molar-refractivity contribution in [2.45, 2.75) is 23.3 Å². The van der Waals surface area contributed by atoms with Gasteiger partial charge in [0.05, 0.1) is 34.1 Å². The van der Waals surface area contributed by atoms with E-state index in [-0.39, 0.29) is 23.0 Å². The Morgan fingerprint density at radius 3 is 1.94 bits per heavy atom. The number of hydrogen-bond acceptors (Lipinski definition) is 9. The van der Waals surface area contributed by atoms with Gasteiger partial charge in [-0.3, -0.25) is 14.4 Å². The van der Waals surface area contributed by atoms with Crippen molar-refractivity contribution in [3.8, 4) is 23.0 Å². The van der Waals surface area contributed by atoms with E-state index in [2.05, 4.69) is 10.6 Å². The van der Waals surface area contributed by atoms with Crippen LogP contribution in [0.1, 0.15) is 59.2 Å². The van der Waals surface area contributed by atoms with Crippen molar-refractivity contribution < 1.29 is 33.3 Å². The van der Waals surface area contributed by atoms with E-state index in [1.807, 2.05) is 72.8 Å². The van der Waals surface area contributed by atoms with Gasteiger partial charge in [0.1, 0.15) is 34.0 Å². The number of allylic oxidation sites excluding steroid dienone is 2. The van der Waals surface area contributed by atoms with Gasteiger partial charge in [-0.05, 0) is 16.7 Å². The van der Waals surface area contributed by atoms with E-state index >= 15 is 9.59 Å². The number of fused-ring (bicyclic) bond motifs is 8. The number of benzene rings is 5. The normalized spacial score (nSPS) is 21.9. The molecule has 9 heteroatoms. The number of methoxy groups -OCH3 is 4. The second-order valence-corrected chi connectivity index (χ2v) is 13.5. The first-order valence-corrected chi connectivity index (χ1v) is 17.0. The predicted molar refractivity (Wildman–Crippen MR) is 196 cm³/mol. The first-order valence-electron chi connectivity index (χ1n) is 17.0. The number of carbonyl (C=O) groups excluding carboxylic acids is 3. The Morgan fingerprint density at radius 2 is 1.27 bits per heavy atom. The van der Waals surface area contributed by atoms with Crippen molar-refractivity contribution in [3.63, 3.8) is 0 Å². The quantitative estimate of drug-likeness (QED) is 0.182. The molecular formula is C43H34N2O7. The number of nitrogens with one attached hydrogen (secondary N) is 2. The summed E-state index contributed by atoms with van der Waals surface area (Å²) in [4.78, 5) is 45.9. The summed E-state index contributed by atoms with van der Waals surface area (Å²) in [5, 5.41) is 7.14. The third-order valence-electron chi connectivity index (χ3n) is 11.2. The molecule has 1 spiro atoms. The molecule has 9 rings (SSSR count). The SMILES string of the molecule is COc1cc(NC2=C([C@]34C(=O)c5ccccc5[C@H]3[C@]3(Cc5ccccc5C3=O)Nc3cc(OC)cc(OC)c34)c3ccccc3C2=O)cc(OC)c1. The Bertz CT molecular complexity index is 2410. The summed E-state index contributed by atoms with van der Waals surface area (Å²) in [5.74, 6) is 0.456. The summed E-state index contributed by atoms with van der Waals surface area (Å²) >= 11 is 0. The largest absolute Gasteiger partial charge is 0.497 e. The molecule has 52 heavy (non-hydrogen) atoms. The van der Waals surface area contributed by atoms with Crippen LogP contribution in [0.2, 0.25) is 0 Å². The van der Waals surface area contributed by atoms with Crippen LogP contribution in [0.3, 0.4) is 0 Å². The molecule has 258 valence electrons. The first-order chi connectivity index (χ1) is 25.3. The fourth-order valence-electron chi connectivity index (χ4n) is 9.18. The molecule has 3 aliphatic carbocycles. The van der Waals surface area contributed by atoms with Crippen LogP contribution in [0.4, 0.5) is 11.4 Å². The van der Waals surface area contributed by atoms with Gasteiger partial charge >= 0.3 is 0 Å². The number of ether oxygens (including phenoxy) is 4. The predicted octanol–water partition coefficient (Wildman–Crippen LogP) is 7.26. The van der Waals surface area contributed by atoms with Crippen LogP contribution >= 0.6 is 0 Å². The number of anilines is 2. The molecule has 3 atom stereocenters. The van der Waals surface area contributed by atoms with E-state index in [9.17, 15) is 4.79 Å². The maximum atomic E-state index is 15.9. The Kier molecular flexibility index (Phi) is 6.89. The van der Waals surface area contributed by atoms with Crippen molar-refractivity contribution in [1.82, 2.24) is 0 Å². The van der Waals surface area contributed by atoms with Gasteiger partial charge < -0.3 is 29.6 Å². The lowest BCUT2D eigenvalue weighted by Gasteiger charge is -2.51. The minimum absolute atomic E-state index is 0.125. The lowest BCUT2D eigenvalue weighted by atomic mass is 9.54. The van der Waals surface area contributed by atoms with Gasteiger partial charge in [0.2, 0.25) is 5.78 Å². The lowest BCUT2D eigenvalue weighted by Crippen LogP contribution is -2.60. The Labute approximate surface area is 300 Å². The van der Waals surface area contributed by atoms with Crippen molar-refractivity contribution >= 4 is 34.3 Å². The molecule has 0 aromatic heterocycles. The van der Waals surface area contributed by atoms with Gasteiger partial charge in [-0.2, -0.15) is 0 Å². The van der Waals surface area contributed by atoms with E-state index in [1.54, 1.807) is 58.8 Å². The van der Waals surface area contributed by atoms with Crippen molar-refractivity contribution in [1.29, 1.82) is 0 Å². The zero-order chi connectivity index (χ0) is 35.9. The fraction of sp³-hybridized carbons (Fsp3) is 0.186. The van der Waals surface area contributed by atoms with Crippen molar-refractivity contribution in [3.05, 3.63) is 148 Å². The zero-order valence-electron chi connectivity index (χ0n) is 29.0. The van der Waals surface area contributed by atoms with Gasteiger partial charge in [-0.25, -0.2) is 0 Å². The van der Waals surface area contributed by atoms with Crippen LogP contribution < -0.4 is 29.6 Å². The minimum Gasteiger partial charge on any atom is -0.497 e. The van der Waals surface area contributed by atoms with Gasteiger partial charge in [0.15, 0.2) is 11.6 Å². The van der Waals surface area contributed by atoms with Gasteiger partial charge in [0.25, 0.3) is 0 Å². The molecule has 0 amide bonds. The third kappa shape index (κ3) is 4.01. The molecule has 5 aromatic carbocycles. The van der Waals surface area contributed by atoms with Crippen LogP contribution in [-0.2, 0) is 11.8 Å². The van der Waals surface area contributed by atoms with Gasteiger partial charge in [0, 0.05) is 81.9 Å². The molecule has 9 nitrogen and oxygen atoms in total. The third-order valence-corrected chi connectivity index (χ3v) is 11.2. The smallest absolute Gasteiger partial charge is 0.210 e. The molecule has 0 radical (unpaired) electrons. The Balaban J connectivity index is 1.44. The molecule has 1 aliphatic heterocycles. The molecule has 4 aliphatic rings. The summed E-state index contributed by atoms with van der Waals surface area (Å²) in [6.45, 7) is 0. The molecule has 0 bridgehead atoms. The Morgan fingerprint density at radius 1 is 0.654 bits per heavy atom. The standard InChI is InChI=1S/C43H34N2O7/c1-49-25-17-24(18-26(19-25)50-2)44-37-35(29-13-7-8-14-30(29)38(37)46)43-36-33(20-27(51-3)21-34(36)52-4)45-42(22-23-11-5-6-12-28(23)40(42)47)39(43)31-15-9-10-16-32(31)41(43)48/h5-21,39,45H,22H2,1-4H3,(H,44,46)/t39-,42-,43+/m0/s1. The van der Waals surface area contributed by atoms with Crippen LogP contribution in [0.5, 0.6) is 23.0 Å². The second kappa shape index (κ2) is 11.3. The van der Waals surface area contributed by atoms with Crippen LogP contribution in [-0.4, -0.2) is 51.3 Å². The topological polar surface area (TPSA) is 112 Å². The molecule has 5 aromatic rings. The minimum atomic E-state index is -1.63. The van der Waals surface area contributed by atoms with Crippen LogP contribution in [0, 0.1) is 0 Å². The summed E-state index contributed by atoms with van der Waals surface area (Å²) in [5.41, 5.74) is 3.00. The summed E-state index contributed by atoms with van der Waals surface area (Å²) in [6, 6.07) is 31.2. The lowest BCUT2D eigenvalue weighted by molar-refractivity contribution is 0.0829. The highest BCUT2D eigenvalue weighted by atomic mass is 16.5. The van der Waals surface area contributed by atoms with Crippen LogP contribution in [0.15, 0.2) is 109 Å². The maximum absolute atomic E-state index is 15.9.